The average molecular weight is 226 g/mol. The zero-order valence-corrected chi connectivity index (χ0v) is 10.9. The van der Waals surface area contributed by atoms with Gasteiger partial charge in [-0.15, -0.1) is 0 Å². The van der Waals surface area contributed by atoms with Gasteiger partial charge in [0.25, 0.3) is 0 Å². The highest BCUT2D eigenvalue weighted by atomic mass is 16.3. The van der Waals surface area contributed by atoms with E-state index in [4.69, 9.17) is 0 Å². The normalized spacial score (nSPS) is 32.6. The fourth-order valence-corrected chi connectivity index (χ4v) is 2.83. The molecule has 0 radical (unpaired) electrons. The molecule has 0 aromatic carbocycles. The summed E-state index contributed by atoms with van der Waals surface area (Å²) >= 11 is 0. The molecular formula is C13H26N2O. The Labute approximate surface area is 99.4 Å². The van der Waals surface area contributed by atoms with E-state index in [0.29, 0.717) is 6.04 Å². The smallest absolute Gasteiger partial charge is 0.0900 e. The van der Waals surface area contributed by atoms with Crippen LogP contribution < -0.4 is 0 Å². The lowest BCUT2D eigenvalue weighted by molar-refractivity contribution is -0.0579. The third kappa shape index (κ3) is 2.96. The molecule has 2 rings (SSSR count). The number of rotatable bonds is 4. The fraction of sp³-hybridized carbons (Fsp3) is 1.00. The number of hydrogen-bond acceptors (Lipinski definition) is 3. The van der Waals surface area contributed by atoms with Gasteiger partial charge in [0.15, 0.2) is 0 Å². The predicted molar refractivity (Wildman–Crippen MR) is 66.5 cm³/mol. The number of likely N-dealkylation sites (N-methyl/N-ethyl adjacent to an activating group) is 1. The van der Waals surface area contributed by atoms with Gasteiger partial charge in [-0.1, -0.05) is 0 Å². The molecule has 1 saturated heterocycles. The van der Waals surface area contributed by atoms with Crippen LogP contribution in [0.3, 0.4) is 0 Å². The summed E-state index contributed by atoms with van der Waals surface area (Å²) in [5, 5.41) is 10.7. The maximum atomic E-state index is 10.7. The molecule has 1 heterocycles. The van der Waals surface area contributed by atoms with E-state index in [1.54, 1.807) is 0 Å². The minimum atomic E-state index is -0.472. The topological polar surface area (TPSA) is 26.7 Å². The van der Waals surface area contributed by atoms with Crippen LogP contribution in [0.5, 0.6) is 0 Å². The first-order chi connectivity index (χ1) is 7.50. The minimum absolute atomic E-state index is 0.472. The van der Waals surface area contributed by atoms with Crippen molar-refractivity contribution >= 4 is 0 Å². The lowest BCUT2D eigenvalue weighted by Gasteiger charge is -2.43. The molecule has 2 fully saturated rings. The molecule has 1 saturated carbocycles. The van der Waals surface area contributed by atoms with Gasteiger partial charge in [0, 0.05) is 25.2 Å². The van der Waals surface area contributed by atoms with E-state index in [0.717, 1.165) is 38.5 Å². The van der Waals surface area contributed by atoms with Crippen molar-refractivity contribution in [2.75, 3.05) is 26.7 Å². The molecule has 16 heavy (non-hydrogen) atoms. The molecule has 0 aromatic rings. The number of aliphatic hydroxyl groups is 1. The summed E-state index contributed by atoms with van der Waals surface area (Å²) in [6.45, 7) is 7.28. The van der Waals surface area contributed by atoms with Crippen molar-refractivity contribution in [1.82, 2.24) is 9.80 Å². The molecule has 0 amide bonds. The molecule has 1 aliphatic heterocycles. The van der Waals surface area contributed by atoms with Crippen molar-refractivity contribution in [3.8, 4) is 0 Å². The second-order valence-electron chi connectivity index (χ2n) is 6.04. The molecule has 2 aliphatic rings. The molecule has 3 nitrogen and oxygen atoms in total. The highest BCUT2D eigenvalue weighted by Gasteiger charge is 2.38. The van der Waals surface area contributed by atoms with Crippen molar-refractivity contribution in [2.45, 2.75) is 57.2 Å². The molecule has 1 aliphatic carbocycles. The summed E-state index contributed by atoms with van der Waals surface area (Å²) in [7, 11) is 2.16. The van der Waals surface area contributed by atoms with Crippen molar-refractivity contribution in [2.24, 2.45) is 0 Å². The number of nitrogens with zero attached hydrogens (tertiary/aromatic N) is 2. The van der Waals surface area contributed by atoms with Gasteiger partial charge in [-0.3, -0.25) is 4.90 Å². The molecule has 0 aromatic heterocycles. The standard InChI is InChI=1S/C13H26N2O/c1-11(2)15-8-4-7-13(16,10-15)9-14(3)12-5-6-12/h11-12,16H,4-10H2,1-3H3/t13-/m0/s1. The lowest BCUT2D eigenvalue weighted by Crippen LogP contribution is -2.55. The highest BCUT2D eigenvalue weighted by molar-refractivity contribution is 4.93. The van der Waals surface area contributed by atoms with Crippen LogP contribution in [-0.4, -0.2) is 59.3 Å². The van der Waals surface area contributed by atoms with Gasteiger partial charge in [-0.05, 0) is 53.1 Å². The van der Waals surface area contributed by atoms with Crippen LogP contribution in [0.15, 0.2) is 0 Å². The van der Waals surface area contributed by atoms with E-state index < -0.39 is 5.60 Å². The number of piperidine rings is 1. The summed E-state index contributed by atoms with van der Waals surface area (Å²) in [5.74, 6) is 0. The Morgan fingerprint density at radius 3 is 2.69 bits per heavy atom. The molecule has 0 spiro atoms. The highest BCUT2D eigenvalue weighted by Crippen LogP contribution is 2.29. The van der Waals surface area contributed by atoms with Crippen LogP contribution in [0, 0.1) is 0 Å². The Bertz CT molecular complexity index is 236. The van der Waals surface area contributed by atoms with Gasteiger partial charge in [-0.25, -0.2) is 0 Å². The van der Waals surface area contributed by atoms with Crippen molar-refractivity contribution in [3.05, 3.63) is 0 Å². The third-order valence-corrected chi connectivity index (χ3v) is 4.03. The first-order valence-corrected chi connectivity index (χ1v) is 6.67. The van der Waals surface area contributed by atoms with Crippen LogP contribution in [0.25, 0.3) is 0 Å². The quantitative estimate of drug-likeness (QED) is 0.783. The number of hydrogen-bond donors (Lipinski definition) is 1. The summed E-state index contributed by atoms with van der Waals surface area (Å²) in [6, 6.07) is 1.30. The van der Waals surface area contributed by atoms with Crippen LogP contribution in [0.4, 0.5) is 0 Å². The van der Waals surface area contributed by atoms with E-state index in [9.17, 15) is 5.11 Å². The maximum Gasteiger partial charge on any atom is 0.0900 e. The van der Waals surface area contributed by atoms with Gasteiger partial charge in [0.05, 0.1) is 5.60 Å². The fourth-order valence-electron chi connectivity index (χ4n) is 2.83. The molecule has 1 atom stereocenters. The number of β-amino-alcohol motifs (C(OH)–C–C–N with tert-alkyl or cyclic N) is 1. The summed E-state index contributed by atoms with van der Waals surface area (Å²) in [4.78, 5) is 4.76. The van der Waals surface area contributed by atoms with Gasteiger partial charge in [0.1, 0.15) is 0 Å². The Morgan fingerprint density at radius 2 is 2.12 bits per heavy atom. The average Bonchev–Trinajstić information content (AvgIpc) is 2.99. The van der Waals surface area contributed by atoms with Crippen LogP contribution in [-0.2, 0) is 0 Å². The summed E-state index contributed by atoms with van der Waals surface area (Å²) < 4.78 is 0. The summed E-state index contributed by atoms with van der Waals surface area (Å²) in [6.07, 6.45) is 4.74. The Hall–Kier alpha value is -0.120. The van der Waals surface area contributed by atoms with Gasteiger partial charge in [-0.2, -0.15) is 0 Å². The van der Waals surface area contributed by atoms with E-state index >= 15 is 0 Å². The predicted octanol–water partition coefficient (Wildman–Crippen LogP) is 1.32. The first kappa shape index (κ1) is 12.3. The lowest BCUT2D eigenvalue weighted by atomic mass is 9.91. The summed E-state index contributed by atoms with van der Waals surface area (Å²) in [5.41, 5.74) is -0.472. The number of likely N-dealkylation sites (tertiary alicyclic amines) is 1. The van der Waals surface area contributed by atoms with Gasteiger partial charge >= 0.3 is 0 Å². The van der Waals surface area contributed by atoms with Crippen LogP contribution in [0.1, 0.15) is 39.5 Å². The Balaban J connectivity index is 1.89. The zero-order valence-electron chi connectivity index (χ0n) is 10.9. The second kappa shape index (κ2) is 4.63. The van der Waals surface area contributed by atoms with Crippen molar-refractivity contribution < 1.29 is 5.11 Å². The molecule has 3 heteroatoms. The Morgan fingerprint density at radius 1 is 1.44 bits per heavy atom. The third-order valence-electron chi connectivity index (χ3n) is 4.03. The maximum absolute atomic E-state index is 10.7. The molecule has 1 N–H and O–H groups in total. The van der Waals surface area contributed by atoms with E-state index in [1.165, 1.54) is 12.8 Å². The van der Waals surface area contributed by atoms with Crippen molar-refractivity contribution in [1.29, 1.82) is 0 Å². The van der Waals surface area contributed by atoms with E-state index in [-0.39, 0.29) is 0 Å². The monoisotopic (exact) mass is 226 g/mol. The van der Waals surface area contributed by atoms with E-state index in [1.807, 2.05) is 0 Å². The Kier molecular flexibility index (Phi) is 3.57. The van der Waals surface area contributed by atoms with Crippen LogP contribution in [0.2, 0.25) is 0 Å². The second-order valence-corrected chi connectivity index (χ2v) is 6.04. The first-order valence-electron chi connectivity index (χ1n) is 6.67. The zero-order chi connectivity index (χ0) is 11.8. The molecule has 94 valence electrons. The SMILES string of the molecule is CC(C)N1CCC[C@](O)(CN(C)C2CC2)C1. The minimum Gasteiger partial charge on any atom is -0.387 e. The van der Waals surface area contributed by atoms with Crippen LogP contribution >= 0.6 is 0 Å². The van der Waals surface area contributed by atoms with E-state index in [2.05, 4.69) is 30.7 Å². The molecular weight excluding hydrogens is 200 g/mol. The van der Waals surface area contributed by atoms with Gasteiger partial charge < -0.3 is 10.0 Å². The largest absolute Gasteiger partial charge is 0.387 e. The van der Waals surface area contributed by atoms with Gasteiger partial charge in [0.2, 0.25) is 0 Å². The molecule has 0 unspecified atom stereocenters. The van der Waals surface area contributed by atoms with Crippen molar-refractivity contribution in [3.63, 3.8) is 0 Å². The molecule has 0 bridgehead atoms.